The minimum atomic E-state index is -0.168. The summed E-state index contributed by atoms with van der Waals surface area (Å²) in [6, 6.07) is 8.44. The van der Waals surface area contributed by atoms with E-state index in [9.17, 15) is 4.79 Å². The van der Waals surface area contributed by atoms with Gasteiger partial charge in [-0.3, -0.25) is 4.79 Å². The third-order valence-electron chi connectivity index (χ3n) is 5.50. The molecule has 3 rings (SSSR count). The van der Waals surface area contributed by atoms with Crippen LogP contribution in [0.4, 0.5) is 11.4 Å². The van der Waals surface area contributed by atoms with Crippen molar-refractivity contribution in [2.75, 3.05) is 36.5 Å². The van der Waals surface area contributed by atoms with Gasteiger partial charge in [0.05, 0.1) is 19.3 Å². The first-order valence-corrected chi connectivity index (χ1v) is 10.2. The van der Waals surface area contributed by atoms with E-state index in [1.165, 1.54) is 50.6 Å². The highest BCUT2D eigenvalue weighted by Crippen LogP contribution is 2.20. The molecule has 1 aromatic carbocycles. The molecule has 0 radical (unpaired) electrons. The van der Waals surface area contributed by atoms with Crippen LogP contribution in [0.1, 0.15) is 51.9 Å². The van der Waals surface area contributed by atoms with Crippen LogP contribution in [0, 0.1) is 0 Å². The van der Waals surface area contributed by atoms with E-state index in [4.69, 9.17) is 4.74 Å². The third-order valence-corrected chi connectivity index (χ3v) is 5.50. The van der Waals surface area contributed by atoms with Crippen molar-refractivity contribution < 1.29 is 9.53 Å². The monoisotopic (exact) mass is 359 g/mol. The number of anilines is 2. The average Bonchev–Trinajstić information content (AvgIpc) is 2.65. The predicted molar refractivity (Wildman–Crippen MR) is 107 cm³/mol. The van der Waals surface area contributed by atoms with E-state index in [1.807, 2.05) is 19.1 Å². The molecule has 5 heteroatoms. The fourth-order valence-corrected chi connectivity index (χ4v) is 3.88. The van der Waals surface area contributed by atoms with Gasteiger partial charge in [-0.15, -0.1) is 0 Å². The Morgan fingerprint density at radius 2 is 1.65 bits per heavy atom. The molecule has 2 N–H and O–H groups in total. The summed E-state index contributed by atoms with van der Waals surface area (Å²) < 4.78 is 5.40. The Labute approximate surface area is 157 Å². The smallest absolute Gasteiger partial charge is 0.241 e. The predicted octanol–water partition coefficient (Wildman–Crippen LogP) is 3.55. The topological polar surface area (TPSA) is 53.6 Å². The zero-order valence-corrected chi connectivity index (χ0v) is 16.0. The summed E-state index contributed by atoms with van der Waals surface area (Å²) in [5, 5.41) is 6.58. The summed E-state index contributed by atoms with van der Waals surface area (Å²) in [5.74, 6) is 0.0474. The Kier molecular flexibility index (Phi) is 7.32. The normalized spacial score (nSPS) is 20.9. The third kappa shape index (κ3) is 5.71. The van der Waals surface area contributed by atoms with E-state index in [0.717, 1.165) is 32.0 Å². The van der Waals surface area contributed by atoms with E-state index >= 15 is 0 Å². The molecule has 0 bridgehead atoms. The second-order valence-corrected chi connectivity index (χ2v) is 7.57. The van der Waals surface area contributed by atoms with Crippen molar-refractivity contribution in [3.05, 3.63) is 24.3 Å². The van der Waals surface area contributed by atoms with Crippen molar-refractivity contribution in [3.63, 3.8) is 0 Å². The number of carbonyl (C=O) groups is 1. The van der Waals surface area contributed by atoms with Crippen molar-refractivity contribution in [2.45, 2.75) is 64.0 Å². The molecular formula is C21H33N3O2. The Hall–Kier alpha value is -1.59. The SMILES string of the molecule is C[C@@H](NC1CCCCCCC1)C(=O)Nc1ccc(N2CCOCC2)cc1. The van der Waals surface area contributed by atoms with Crippen LogP contribution in [0.25, 0.3) is 0 Å². The minimum Gasteiger partial charge on any atom is -0.378 e. The van der Waals surface area contributed by atoms with Gasteiger partial charge in [0.1, 0.15) is 0 Å². The molecule has 2 fully saturated rings. The molecule has 1 aliphatic heterocycles. The van der Waals surface area contributed by atoms with E-state index in [1.54, 1.807) is 0 Å². The van der Waals surface area contributed by atoms with Gasteiger partial charge in [-0.1, -0.05) is 32.1 Å². The molecule has 144 valence electrons. The van der Waals surface area contributed by atoms with Gasteiger partial charge in [-0.05, 0) is 44.0 Å². The second kappa shape index (κ2) is 9.93. The zero-order valence-electron chi connectivity index (χ0n) is 16.0. The highest BCUT2D eigenvalue weighted by molar-refractivity contribution is 5.94. The molecule has 1 aliphatic carbocycles. The van der Waals surface area contributed by atoms with Crippen LogP contribution in [0.15, 0.2) is 24.3 Å². The fraction of sp³-hybridized carbons (Fsp3) is 0.667. The van der Waals surface area contributed by atoms with Crippen LogP contribution in [0.5, 0.6) is 0 Å². The summed E-state index contributed by atoms with van der Waals surface area (Å²) in [6.07, 6.45) is 8.94. The summed E-state index contributed by atoms with van der Waals surface area (Å²) in [7, 11) is 0. The van der Waals surface area contributed by atoms with Crippen LogP contribution in [0.3, 0.4) is 0 Å². The molecule has 26 heavy (non-hydrogen) atoms. The van der Waals surface area contributed by atoms with Gasteiger partial charge in [0, 0.05) is 30.5 Å². The summed E-state index contributed by atoms with van der Waals surface area (Å²) in [6.45, 7) is 5.38. The molecule has 1 atom stereocenters. The van der Waals surface area contributed by atoms with Gasteiger partial charge in [-0.2, -0.15) is 0 Å². The average molecular weight is 360 g/mol. The minimum absolute atomic E-state index is 0.0474. The van der Waals surface area contributed by atoms with Crippen LogP contribution < -0.4 is 15.5 Å². The maximum atomic E-state index is 12.5. The second-order valence-electron chi connectivity index (χ2n) is 7.57. The molecule has 5 nitrogen and oxygen atoms in total. The van der Waals surface area contributed by atoms with Crippen LogP contribution in [0.2, 0.25) is 0 Å². The van der Waals surface area contributed by atoms with Crippen molar-refractivity contribution in [1.82, 2.24) is 5.32 Å². The van der Waals surface area contributed by atoms with Crippen LogP contribution in [-0.2, 0) is 9.53 Å². The largest absolute Gasteiger partial charge is 0.378 e. The Morgan fingerprint density at radius 1 is 1.04 bits per heavy atom. The molecular weight excluding hydrogens is 326 g/mol. The van der Waals surface area contributed by atoms with Crippen molar-refractivity contribution in [1.29, 1.82) is 0 Å². The number of hydrogen-bond acceptors (Lipinski definition) is 4. The summed E-state index contributed by atoms with van der Waals surface area (Å²) >= 11 is 0. The molecule has 0 spiro atoms. The van der Waals surface area contributed by atoms with Gasteiger partial charge in [-0.25, -0.2) is 0 Å². The number of nitrogens with zero attached hydrogens (tertiary/aromatic N) is 1. The molecule has 1 saturated carbocycles. The molecule has 1 saturated heterocycles. The lowest BCUT2D eigenvalue weighted by Gasteiger charge is -2.29. The van der Waals surface area contributed by atoms with E-state index < -0.39 is 0 Å². The number of benzene rings is 1. The number of rotatable bonds is 5. The summed E-state index contributed by atoms with van der Waals surface area (Å²) in [4.78, 5) is 14.8. The van der Waals surface area contributed by atoms with Crippen molar-refractivity contribution >= 4 is 17.3 Å². The number of morpholine rings is 1. The number of ether oxygens (including phenoxy) is 1. The van der Waals surface area contributed by atoms with Crippen molar-refractivity contribution in [2.24, 2.45) is 0 Å². The zero-order chi connectivity index (χ0) is 18.2. The first-order valence-electron chi connectivity index (χ1n) is 10.2. The number of hydrogen-bond donors (Lipinski definition) is 2. The lowest BCUT2D eigenvalue weighted by atomic mass is 9.96. The molecule has 1 amide bonds. The van der Waals surface area contributed by atoms with Gasteiger partial charge in [0.15, 0.2) is 0 Å². The first kappa shape index (κ1) is 19.2. The van der Waals surface area contributed by atoms with Gasteiger partial charge in [0.25, 0.3) is 0 Å². The van der Waals surface area contributed by atoms with Crippen LogP contribution >= 0.6 is 0 Å². The Balaban J connectivity index is 1.48. The van der Waals surface area contributed by atoms with Gasteiger partial charge >= 0.3 is 0 Å². The lowest BCUT2D eigenvalue weighted by Crippen LogP contribution is -2.44. The van der Waals surface area contributed by atoms with Gasteiger partial charge in [0.2, 0.25) is 5.91 Å². The quantitative estimate of drug-likeness (QED) is 0.844. The molecule has 1 heterocycles. The maximum absolute atomic E-state index is 12.5. The lowest BCUT2D eigenvalue weighted by molar-refractivity contribution is -0.118. The molecule has 0 aromatic heterocycles. The Morgan fingerprint density at radius 3 is 2.31 bits per heavy atom. The molecule has 0 unspecified atom stereocenters. The highest BCUT2D eigenvalue weighted by atomic mass is 16.5. The highest BCUT2D eigenvalue weighted by Gasteiger charge is 2.19. The van der Waals surface area contributed by atoms with Crippen LogP contribution in [-0.4, -0.2) is 44.3 Å². The van der Waals surface area contributed by atoms with E-state index in [0.29, 0.717) is 6.04 Å². The summed E-state index contributed by atoms with van der Waals surface area (Å²) in [5.41, 5.74) is 2.05. The van der Waals surface area contributed by atoms with E-state index in [-0.39, 0.29) is 11.9 Å². The number of carbonyl (C=O) groups excluding carboxylic acids is 1. The van der Waals surface area contributed by atoms with E-state index in [2.05, 4.69) is 27.7 Å². The standard InChI is InChI=1S/C21H33N3O2/c1-17(22-18-7-5-3-2-4-6-8-18)21(25)23-19-9-11-20(12-10-19)24-13-15-26-16-14-24/h9-12,17-18,22H,2-8,13-16H2,1H3,(H,23,25)/t17-/m1/s1. The maximum Gasteiger partial charge on any atom is 0.241 e. The van der Waals surface area contributed by atoms with Gasteiger partial charge < -0.3 is 20.3 Å². The molecule has 1 aromatic rings. The molecule has 2 aliphatic rings. The van der Waals surface area contributed by atoms with Crippen molar-refractivity contribution in [3.8, 4) is 0 Å². The fourth-order valence-electron chi connectivity index (χ4n) is 3.88. The number of amides is 1. The number of nitrogens with one attached hydrogen (secondary N) is 2. The first-order chi connectivity index (χ1) is 12.7. The Bertz CT molecular complexity index is 547.